The maximum absolute atomic E-state index is 5.84. The van der Waals surface area contributed by atoms with Crippen molar-refractivity contribution in [1.82, 2.24) is 9.80 Å². The lowest BCUT2D eigenvalue weighted by molar-refractivity contribution is -0.0574. The predicted octanol–water partition coefficient (Wildman–Crippen LogP) is 1.97. The molecule has 2 aliphatic heterocycles. The van der Waals surface area contributed by atoms with Gasteiger partial charge in [-0.15, -0.1) is 0 Å². The molecule has 3 heteroatoms. The van der Waals surface area contributed by atoms with Gasteiger partial charge in [-0.2, -0.15) is 0 Å². The molecule has 0 radical (unpaired) electrons. The quantitative estimate of drug-likeness (QED) is 0.747. The molecule has 100 valence electrons. The number of fused-ring (bicyclic) bond motifs is 1. The second-order valence-corrected chi connectivity index (χ2v) is 6.26. The zero-order valence-electron chi connectivity index (χ0n) is 11.9. The standard InChI is InChI=1S/C14H28N2O/c1-5-17-14(3,4)11-16-10-13-7-6-8-15(13)9-12(16)2/h12-13H,5-11H2,1-4H3. The van der Waals surface area contributed by atoms with E-state index in [4.69, 9.17) is 4.74 Å². The van der Waals surface area contributed by atoms with Gasteiger partial charge in [-0.05, 0) is 47.1 Å². The van der Waals surface area contributed by atoms with Crippen LogP contribution in [0.3, 0.4) is 0 Å². The van der Waals surface area contributed by atoms with Crippen molar-refractivity contribution in [2.24, 2.45) is 0 Å². The van der Waals surface area contributed by atoms with Crippen LogP contribution in [0.5, 0.6) is 0 Å². The zero-order chi connectivity index (χ0) is 12.5. The molecule has 17 heavy (non-hydrogen) atoms. The van der Waals surface area contributed by atoms with Crippen LogP contribution in [-0.2, 0) is 4.74 Å². The number of hydrogen-bond donors (Lipinski definition) is 0. The molecule has 2 saturated heterocycles. The molecule has 0 bridgehead atoms. The SMILES string of the molecule is CCOC(C)(C)CN1CC2CCCN2CC1C. The van der Waals surface area contributed by atoms with Gasteiger partial charge >= 0.3 is 0 Å². The normalized spacial score (nSPS) is 31.8. The van der Waals surface area contributed by atoms with Crippen LogP contribution in [0.1, 0.15) is 40.5 Å². The summed E-state index contributed by atoms with van der Waals surface area (Å²) in [4.78, 5) is 5.30. The number of ether oxygens (including phenoxy) is 1. The maximum atomic E-state index is 5.84. The average molecular weight is 240 g/mol. The summed E-state index contributed by atoms with van der Waals surface area (Å²) in [5, 5.41) is 0. The third-order valence-electron chi connectivity index (χ3n) is 4.19. The molecule has 0 spiro atoms. The monoisotopic (exact) mass is 240 g/mol. The highest BCUT2D eigenvalue weighted by molar-refractivity contribution is 4.92. The van der Waals surface area contributed by atoms with E-state index in [1.54, 1.807) is 0 Å². The summed E-state index contributed by atoms with van der Waals surface area (Å²) in [5.41, 5.74) is -0.0101. The molecule has 2 atom stereocenters. The van der Waals surface area contributed by atoms with Gasteiger partial charge in [0.15, 0.2) is 0 Å². The highest BCUT2D eigenvalue weighted by Crippen LogP contribution is 2.26. The van der Waals surface area contributed by atoms with E-state index in [0.29, 0.717) is 6.04 Å². The van der Waals surface area contributed by atoms with Crippen LogP contribution in [-0.4, -0.2) is 60.3 Å². The van der Waals surface area contributed by atoms with Crippen LogP contribution in [0.4, 0.5) is 0 Å². The summed E-state index contributed by atoms with van der Waals surface area (Å²) in [6, 6.07) is 1.48. The summed E-state index contributed by atoms with van der Waals surface area (Å²) in [7, 11) is 0. The Kier molecular flexibility index (Phi) is 4.11. The second-order valence-electron chi connectivity index (χ2n) is 6.26. The summed E-state index contributed by atoms with van der Waals surface area (Å²) in [5.74, 6) is 0. The molecule has 3 nitrogen and oxygen atoms in total. The van der Waals surface area contributed by atoms with Gasteiger partial charge in [0.2, 0.25) is 0 Å². The zero-order valence-corrected chi connectivity index (χ0v) is 11.9. The van der Waals surface area contributed by atoms with Crippen LogP contribution in [0.15, 0.2) is 0 Å². The molecule has 2 rings (SSSR count). The lowest BCUT2D eigenvalue weighted by Gasteiger charge is -2.45. The number of piperazine rings is 1. The molecule has 2 aliphatic rings. The highest BCUT2D eigenvalue weighted by atomic mass is 16.5. The van der Waals surface area contributed by atoms with E-state index in [0.717, 1.165) is 19.2 Å². The molecule has 0 aromatic rings. The summed E-state index contributed by atoms with van der Waals surface area (Å²) < 4.78 is 5.84. The molecule has 0 amide bonds. The van der Waals surface area contributed by atoms with Gasteiger partial charge in [0.1, 0.15) is 0 Å². The number of hydrogen-bond acceptors (Lipinski definition) is 3. The van der Waals surface area contributed by atoms with Gasteiger partial charge in [0.05, 0.1) is 5.60 Å². The Balaban J connectivity index is 1.92. The minimum absolute atomic E-state index is 0.0101. The Hall–Kier alpha value is -0.120. The van der Waals surface area contributed by atoms with Crippen molar-refractivity contribution < 1.29 is 4.74 Å². The van der Waals surface area contributed by atoms with E-state index in [1.165, 1.54) is 32.5 Å². The highest BCUT2D eigenvalue weighted by Gasteiger charge is 2.36. The predicted molar refractivity (Wildman–Crippen MR) is 71.3 cm³/mol. The smallest absolute Gasteiger partial charge is 0.0752 e. The van der Waals surface area contributed by atoms with Crippen molar-refractivity contribution in [2.45, 2.75) is 58.2 Å². The van der Waals surface area contributed by atoms with Gasteiger partial charge in [-0.1, -0.05) is 0 Å². The lowest BCUT2D eigenvalue weighted by atomic mass is 10.0. The molecule has 0 aromatic carbocycles. The van der Waals surface area contributed by atoms with Gasteiger partial charge in [0, 0.05) is 38.3 Å². The Morgan fingerprint density at radius 1 is 1.29 bits per heavy atom. The third-order valence-corrected chi connectivity index (χ3v) is 4.19. The minimum Gasteiger partial charge on any atom is -0.375 e. The molecule has 2 heterocycles. The fourth-order valence-electron chi connectivity index (χ4n) is 3.39. The van der Waals surface area contributed by atoms with Gasteiger partial charge in [-0.3, -0.25) is 9.80 Å². The molecule has 0 N–H and O–H groups in total. The van der Waals surface area contributed by atoms with Gasteiger partial charge in [-0.25, -0.2) is 0 Å². The molecule has 2 fully saturated rings. The van der Waals surface area contributed by atoms with Crippen LogP contribution < -0.4 is 0 Å². The lowest BCUT2D eigenvalue weighted by Crippen LogP contribution is -2.58. The van der Waals surface area contributed by atoms with Crippen molar-refractivity contribution >= 4 is 0 Å². The largest absolute Gasteiger partial charge is 0.375 e. The van der Waals surface area contributed by atoms with Crippen molar-refractivity contribution in [1.29, 1.82) is 0 Å². The first-order chi connectivity index (χ1) is 8.02. The number of rotatable bonds is 4. The number of nitrogens with zero attached hydrogens (tertiary/aromatic N) is 2. The fraction of sp³-hybridized carbons (Fsp3) is 1.00. The Bertz CT molecular complexity index is 255. The second kappa shape index (κ2) is 5.25. The maximum Gasteiger partial charge on any atom is 0.0752 e. The van der Waals surface area contributed by atoms with Crippen LogP contribution in [0.2, 0.25) is 0 Å². The average Bonchev–Trinajstić information content (AvgIpc) is 2.64. The van der Waals surface area contributed by atoms with Gasteiger partial charge in [0.25, 0.3) is 0 Å². The van der Waals surface area contributed by atoms with Crippen molar-refractivity contribution in [3.63, 3.8) is 0 Å². The fourth-order valence-corrected chi connectivity index (χ4v) is 3.39. The summed E-state index contributed by atoms with van der Waals surface area (Å²) in [6.45, 7) is 14.5. The first kappa shape index (κ1) is 13.3. The van der Waals surface area contributed by atoms with Gasteiger partial charge < -0.3 is 4.74 Å². The van der Waals surface area contributed by atoms with E-state index >= 15 is 0 Å². The van der Waals surface area contributed by atoms with E-state index < -0.39 is 0 Å². The van der Waals surface area contributed by atoms with E-state index in [1.807, 2.05) is 0 Å². The van der Waals surface area contributed by atoms with E-state index in [2.05, 4.69) is 37.5 Å². The summed E-state index contributed by atoms with van der Waals surface area (Å²) in [6.07, 6.45) is 2.78. The first-order valence-electron chi connectivity index (χ1n) is 7.14. The van der Waals surface area contributed by atoms with Crippen LogP contribution >= 0.6 is 0 Å². The molecule has 0 aliphatic carbocycles. The minimum atomic E-state index is -0.0101. The Morgan fingerprint density at radius 2 is 2.06 bits per heavy atom. The van der Waals surface area contributed by atoms with Crippen LogP contribution in [0.25, 0.3) is 0 Å². The molecule has 2 unspecified atom stereocenters. The van der Waals surface area contributed by atoms with E-state index in [9.17, 15) is 0 Å². The summed E-state index contributed by atoms with van der Waals surface area (Å²) >= 11 is 0. The molecule has 0 aromatic heterocycles. The van der Waals surface area contributed by atoms with Crippen LogP contribution in [0, 0.1) is 0 Å². The van der Waals surface area contributed by atoms with Crippen molar-refractivity contribution in [2.75, 3.05) is 32.8 Å². The molecular formula is C14H28N2O. The van der Waals surface area contributed by atoms with Crippen molar-refractivity contribution in [3.8, 4) is 0 Å². The first-order valence-corrected chi connectivity index (χ1v) is 7.14. The Labute approximate surface area is 106 Å². The molecular weight excluding hydrogens is 212 g/mol. The molecule has 0 saturated carbocycles. The topological polar surface area (TPSA) is 15.7 Å². The third kappa shape index (κ3) is 3.21. The van der Waals surface area contributed by atoms with Crippen molar-refractivity contribution in [3.05, 3.63) is 0 Å². The Morgan fingerprint density at radius 3 is 2.76 bits per heavy atom. The van der Waals surface area contributed by atoms with E-state index in [-0.39, 0.29) is 5.60 Å².